The lowest BCUT2D eigenvalue weighted by Crippen LogP contribution is -2.47. The summed E-state index contributed by atoms with van der Waals surface area (Å²) in [7, 11) is 0. The van der Waals surface area contributed by atoms with Crippen molar-refractivity contribution in [3.8, 4) is 0 Å². The second kappa shape index (κ2) is 7.59. The van der Waals surface area contributed by atoms with Crippen LogP contribution in [0, 0.1) is 5.92 Å². The molecule has 0 aliphatic carbocycles. The molecule has 0 aliphatic rings. The number of carbonyl (C=O) groups is 2. The van der Waals surface area contributed by atoms with Gasteiger partial charge in [0.15, 0.2) is 5.76 Å². The summed E-state index contributed by atoms with van der Waals surface area (Å²) in [5, 5.41) is 5.79. The van der Waals surface area contributed by atoms with Crippen molar-refractivity contribution < 1.29 is 14.0 Å². The summed E-state index contributed by atoms with van der Waals surface area (Å²) < 4.78 is 5.03. The van der Waals surface area contributed by atoms with Gasteiger partial charge < -0.3 is 20.8 Å². The number of nitrogens with one attached hydrogen (secondary N) is 2. The molecule has 2 aromatic rings. The highest BCUT2D eigenvalue weighted by atomic mass is 35.5. The van der Waals surface area contributed by atoms with E-state index < -0.39 is 17.9 Å². The first kappa shape index (κ1) is 18.2. The molecule has 1 atom stereocenters. The van der Waals surface area contributed by atoms with Gasteiger partial charge in [-0.05, 0) is 30.2 Å². The van der Waals surface area contributed by atoms with Gasteiger partial charge in [0.05, 0.1) is 22.0 Å². The van der Waals surface area contributed by atoms with Crippen LogP contribution in [-0.2, 0) is 4.79 Å². The zero-order valence-corrected chi connectivity index (χ0v) is 14.6. The molecular formula is C16H17Cl2N3O3. The van der Waals surface area contributed by atoms with Crippen LogP contribution in [0.4, 0.5) is 11.4 Å². The monoisotopic (exact) mass is 369 g/mol. The van der Waals surface area contributed by atoms with Gasteiger partial charge >= 0.3 is 0 Å². The molecule has 8 heteroatoms. The molecule has 0 unspecified atom stereocenters. The van der Waals surface area contributed by atoms with E-state index in [1.54, 1.807) is 6.07 Å². The third kappa shape index (κ3) is 4.21. The normalized spacial score (nSPS) is 12.0. The molecule has 0 saturated carbocycles. The summed E-state index contributed by atoms with van der Waals surface area (Å²) in [6, 6.07) is 5.33. The Morgan fingerprint density at radius 3 is 2.33 bits per heavy atom. The number of amides is 2. The van der Waals surface area contributed by atoms with E-state index in [4.69, 9.17) is 33.4 Å². The Kier molecular flexibility index (Phi) is 5.75. The standard InChI is InChI=1S/C16H17Cl2N3O3/c1-8(2)14(21-15(22)12-4-3-5-24-12)16(23)20-9-6-10(17)13(19)11(18)7-9/h3-8,14H,19H2,1-2H3,(H,20,23)(H,21,22)/t14-/m0/s1. The van der Waals surface area contributed by atoms with E-state index in [0.29, 0.717) is 5.69 Å². The van der Waals surface area contributed by atoms with Crippen LogP contribution in [0.2, 0.25) is 10.0 Å². The minimum atomic E-state index is -0.766. The average molecular weight is 370 g/mol. The Morgan fingerprint density at radius 2 is 1.83 bits per heavy atom. The Balaban J connectivity index is 2.13. The van der Waals surface area contributed by atoms with E-state index in [2.05, 4.69) is 10.6 Å². The van der Waals surface area contributed by atoms with E-state index in [9.17, 15) is 9.59 Å². The quantitative estimate of drug-likeness (QED) is 0.701. The number of furan rings is 1. The second-order valence-electron chi connectivity index (χ2n) is 5.52. The van der Waals surface area contributed by atoms with Crippen LogP contribution in [0.1, 0.15) is 24.4 Å². The topological polar surface area (TPSA) is 97.4 Å². The summed E-state index contributed by atoms with van der Waals surface area (Å²) in [5.74, 6) is -0.889. The van der Waals surface area contributed by atoms with Crippen molar-refractivity contribution in [1.82, 2.24) is 5.32 Å². The van der Waals surface area contributed by atoms with Crippen LogP contribution < -0.4 is 16.4 Å². The summed E-state index contributed by atoms with van der Waals surface area (Å²) in [6.07, 6.45) is 1.39. The number of hydrogen-bond acceptors (Lipinski definition) is 4. The van der Waals surface area contributed by atoms with Crippen molar-refractivity contribution >= 4 is 46.4 Å². The highest BCUT2D eigenvalue weighted by molar-refractivity contribution is 6.39. The number of benzene rings is 1. The van der Waals surface area contributed by atoms with Crippen LogP contribution in [0.25, 0.3) is 0 Å². The Hall–Kier alpha value is -2.18. The van der Waals surface area contributed by atoms with Crippen LogP contribution in [0.5, 0.6) is 0 Å². The fourth-order valence-corrected chi connectivity index (χ4v) is 2.52. The molecule has 0 bridgehead atoms. The number of nitrogen functional groups attached to an aromatic ring is 1. The molecule has 24 heavy (non-hydrogen) atoms. The van der Waals surface area contributed by atoms with Crippen molar-refractivity contribution in [2.45, 2.75) is 19.9 Å². The Labute approximate surface area is 149 Å². The van der Waals surface area contributed by atoms with E-state index in [1.807, 2.05) is 13.8 Å². The number of carbonyl (C=O) groups excluding carboxylic acids is 2. The maximum atomic E-state index is 12.5. The zero-order chi connectivity index (χ0) is 17.9. The van der Waals surface area contributed by atoms with Crippen molar-refractivity contribution in [3.05, 3.63) is 46.3 Å². The van der Waals surface area contributed by atoms with Crippen molar-refractivity contribution in [2.75, 3.05) is 11.1 Å². The van der Waals surface area contributed by atoms with Gasteiger partial charge in [0.2, 0.25) is 5.91 Å². The van der Waals surface area contributed by atoms with E-state index in [0.717, 1.165) is 0 Å². The zero-order valence-electron chi connectivity index (χ0n) is 13.1. The van der Waals surface area contributed by atoms with Gasteiger partial charge in [0.1, 0.15) is 6.04 Å². The fraction of sp³-hybridized carbons (Fsp3) is 0.250. The lowest BCUT2D eigenvalue weighted by atomic mass is 10.0. The Bertz CT molecular complexity index is 722. The van der Waals surface area contributed by atoms with E-state index in [-0.39, 0.29) is 27.4 Å². The number of rotatable bonds is 5. The smallest absolute Gasteiger partial charge is 0.287 e. The fourth-order valence-electron chi connectivity index (χ4n) is 2.03. The van der Waals surface area contributed by atoms with Gasteiger partial charge in [-0.3, -0.25) is 9.59 Å². The molecule has 2 amide bonds. The first-order valence-corrected chi connectivity index (χ1v) is 7.95. The molecule has 0 spiro atoms. The largest absolute Gasteiger partial charge is 0.459 e. The van der Waals surface area contributed by atoms with Gasteiger partial charge in [-0.1, -0.05) is 37.0 Å². The predicted octanol–water partition coefficient (Wildman–Crippen LogP) is 3.56. The highest BCUT2D eigenvalue weighted by Gasteiger charge is 2.26. The summed E-state index contributed by atoms with van der Waals surface area (Å²) in [6.45, 7) is 3.63. The third-order valence-electron chi connectivity index (χ3n) is 3.33. The predicted molar refractivity (Wildman–Crippen MR) is 94.3 cm³/mol. The van der Waals surface area contributed by atoms with Crippen molar-refractivity contribution in [3.63, 3.8) is 0 Å². The number of halogens is 2. The molecule has 4 N–H and O–H groups in total. The first-order chi connectivity index (χ1) is 11.3. The molecule has 1 aromatic carbocycles. The van der Waals surface area contributed by atoms with Gasteiger partial charge in [-0.25, -0.2) is 0 Å². The van der Waals surface area contributed by atoms with Crippen LogP contribution in [0.3, 0.4) is 0 Å². The molecule has 0 fully saturated rings. The van der Waals surface area contributed by atoms with Gasteiger partial charge in [-0.2, -0.15) is 0 Å². The summed E-state index contributed by atoms with van der Waals surface area (Å²) in [4.78, 5) is 24.6. The van der Waals surface area contributed by atoms with Gasteiger partial charge in [0, 0.05) is 5.69 Å². The average Bonchev–Trinajstić information content (AvgIpc) is 3.03. The highest BCUT2D eigenvalue weighted by Crippen LogP contribution is 2.31. The van der Waals surface area contributed by atoms with Crippen LogP contribution in [-0.4, -0.2) is 17.9 Å². The van der Waals surface area contributed by atoms with E-state index >= 15 is 0 Å². The van der Waals surface area contributed by atoms with Crippen LogP contribution in [0.15, 0.2) is 34.9 Å². The number of hydrogen-bond donors (Lipinski definition) is 3. The first-order valence-electron chi connectivity index (χ1n) is 7.19. The number of nitrogens with two attached hydrogens (primary N) is 1. The third-order valence-corrected chi connectivity index (χ3v) is 3.95. The van der Waals surface area contributed by atoms with E-state index in [1.165, 1.54) is 24.5 Å². The van der Waals surface area contributed by atoms with Crippen LogP contribution >= 0.6 is 23.2 Å². The summed E-state index contributed by atoms with van der Waals surface area (Å²) in [5.41, 5.74) is 6.30. The van der Waals surface area contributed by atoms with Gasteiger partial charge in [0.25, 0.3) is 5.91 Å². The van der Waals surface area contributed by atoms with Crippen molar-refractivity contribution in [1.29, 1.82) is 0 Å². The molecule has 0 radical (unpaired) electrons. The molecule has 2 rings (SSSR count). The molecule has 0 aliphatic heterocycles. The lowest BCUT2D eigenvalue weighted by Gasteiger charge is -2.21. The summed E-state index contributed by atoms with van der Waals surface area (Å²) >= 11 is 11.9. The lowest BCUT2D eigenvalue weighted by molar-refractivity contribution is -0.118. The molecule has 1 heterocycles. The maximum absolute atomic E-state index is 12.5. The molecule has 1 aromatic heterocycles. The number of anilines is 2. The van der Waals surface area contributed by atoms with Crippen molar-refractivity contribution in [2.24, 2.45) is 5.92 Å². The molecule has 0 saturated heterocycles. The second-order valence-corrected chi connectivity index (χ2v) is 6.33. The maximum Gasteiger partial charge on any atom is 0.287 e. The Morgan fingerprint density at radius 1 is 1.21 bits per heavy atom. The van der Waals surface area contributed by atoms with Gasteiger partial charge in [-0.15, -0.1) is 0 Å². The minimum absolute atomic E-state index is 0.132. The molecular weight excluding hydrogens is 353 g/mol. The minimum Gasteiger partial charge on any atom is -0.459 e. The molecule has 6 nitrogen and oxygen atoms in total. The molecule has 128 valence electrons. The SMILES string of the molecule is CC(C)[C@H](NC(=O)c1ccco1)C(=O)Nc1cc(Cl)c(N)c(Cl)c1.